The van der Waals surface area contributed by atoms with Crippen LogP contribution in [-0.4, -0.2) is 23.7 Å². The monoisotopic (exact) mass is 446 g/mol. The van der Waals surface area contributed by atoms with Gasteiger partial charge < -0.3 is 15.0 Å². The lowest BCUT2D eigenvalue weighted by Crippen LogP contribution is -2.44. The second-order valence-electron chi connectivity index (χ2n) is 7.95. The van der Waals surface area contributed by atoms with Gasteiger partial charge in [0.2, 0.25) is 0 Å². The number of ether oxygens (including phenoxy) is 1. The van der Waals surface area contributed by atoms with E-state index in [4.69, 9.17) is 17.0 Å². The highest BCUT2D eigenvalue weighted by Gasteiger charge is 2.30. The minimum absolute atomic E-state index is 0.187. The minimum atomic E-state index is -0.281. The van der Waals surface area contributed by atoms with Gasteiger partial charge in [-0.2, -0.15) is 0 Å². The summed E-state index contributed by atoms with van der Waals surface area (Å²) in [5.41, 5.74) is 3.66. The molecule has 7 heteroatoms. The fraction of sp³-hybridized carbons (Fsp3) is 0.478. The summed E-state index contributed by atoms with van der Waals surface area (Å²) in [5, 5.41) is 4.67. The first-order valence-corrected chi connectivity index (χ1v) is 11.9. The van der Waals surface area contributed by atoms with Crippen LogP contribution in [0.2, 0.25) is 0 Å². The maximum atomic E-state index is 13.7. The number of anilines is 2. The largest absolute Gasteiger partial charge is 0.462 e. The number of nitrogens with zero attached hydrogens (tertiary/aromatic N) is 1. The van der Waals surface area contributed by atoms with Crippen LogP contribution in [0.5, 0.6) is 0 Å². The van der Waals surface area contributed by atoms with Gasteiger partial charge in [-0.3, -0.25) is 0 Å². The molecule has 0 radical (unpaired) electrons. The number of hydrogen-bond donors (Lipinski definition) is 1. The fourth-order valence-corrected chi connectivity index (χ4v) is 6.16. The van der Waals surface area contributed by atoms with Crippen molar-refractivity contribution < 1.29 is 13.9 Å². The summed E-state index contributed by atoms with van der Waals surface area (Å²) in [6, 6.07) is 5.05. The molecule has 160 valence electrons. The summed E-state index contributed by atoms with van der Waals surface area (Å²) in [5.74, 6) is -0.509. The Morgan fingerprint density at radius 3 is 2.90 bits per heavy atom. The summed E-state index contributed by atoms with van der Waals surface area (Å²) in [4.78, 5) is 16.1. The average molecular weight is 447 g/mol. The summed E-state index contributed by atoms with van der Waals surface area (Å²) >= 11 is 7.42. The summed E-state index contributed by atoms with van der Waals surface area (Å²) in [7, 11) is 0. The molecule has 1 atom stereocenters. The first-order valence-electron chi connectivity index (χ1n) is 10.7. The number of nitrogens with one attached hydrogen (secondary N) is 1. The van der Waals surface area contributed by atoms with Gasteiger partial charge in [-0.25, -0.2) is 9.18 Å². The van der Waals surface area contributed by atoms with Gasteiger partial charge in [0.1, 0.15) is 10.8 Å². The number of carbonyl (C=O) groups excluding carboxylic acids is 1. The Morgan fingerprint density at radius 1 is 1.30 bits per heavy atom. The summed E-state index contributed by atoms with van der Waals surface area (Å²) < 4.78 is 19.1. The van der Waals surface area contributed by atoms with Crippen molar-refractivity contribution in [3.8, 4) is 0 Å². The average Bonchev–Trinajstić information content (AvgIpc) is 2.88. The maximum absolute atomic E-state index is 13.7. The van der Waals surface area contributed by atoms with Crippen molar-refractivity contribution >= 4 is 45.3 Å². The molecule has 1 aliphatic carbocycles. The van der Waals surface area contributed by atoms with Crippen LogP contribution in [-0.2, 0) is 24.0 Å². The molecule has 1 aliphatic heterocycles. The third kappa shape index (κ3) is 4.10. The molecule has 30 heavy (non-hydrogen) atoms. The molecule has 4 rings (SSSR count). The van der Waals surface area contributed by atoms with Crippen LogP contribution in [0.15, 0.2) is 18.2 Å². The molecular formula is C23H27FN2O2S2. The van der Waals surface area contributed by atoms with Gasteiger partial charge in [-0.15, -0.1) is 11.3 Å². The second kappa shape index (κ2) is 9.02. The van der Waals surface area contributed by atoms with Crippen molar-refractivity contribution in [2.45, 2.75) is 64.8 Å². The molecule has 1 aromatic carbocycles. The van der Waals surface area contributed by atoms with Crippen LogP contribution in [0, 0.1) is 5.82 Å². The summed E-state index contributed by atoms with van der Waals surface area (Å²) in [6.45, 7) is 4.29. The van der Waals surface area contributed by atoms with E-state index in [1.807, 2.05) is 11.8 Å². The molecule has 2 heterocycles. The standard InChI is InChI=1S/C23H27FN2O2S2/c1-3-28-22(27)20-17-7-5-4-6-8-19(17)30-21(20)25-23(29)26-14(2)9-10-15-13-16(24)11-12-18(15)26/h11-14H,3-10H2,1-2H3,(H,25,29). The minimum Gasteiger partial charge on any atom is -0.462 e. The van der Waals surface area contributed by atoms with Gasteiger partial charge in [0.15, 0.2) is 5.11 Å². The molecule has 0 spiro atoms. The number of thiophene rings is 1. The predicted molar refractivity (Wildman–Crippen MR) is 124 cm³/mol. The lowest BCUT2D eigenvalue weighted by atomic mass is 9.97. The highest BCUT2D eigenvalue weighted by Crippen LogP contribution is 2.39. The highest BCUT2D eigenvalue weighted by molar-refractivity contribution is 7.80. The van der Waals surface area contributed by atoms with Gasteiger partial charge in [-0.1, -0.05) is 6.42 Å². The Morgan fingerprint density at radius 2 is 2.10 bits per heavy atom. The zero-order valence-corrected chi connectivity index (χ0v) is 19.1. The lowest BCUT2D eigenvalue weighted by Gasteiger charge is -2.37. The zero-order chi connectivity index (χ0) is 21.3. The number of aryl methyl sites for hydroxylation is 2. The number of thiocarbonyl (C=S) groups is 1. The first-order chi connectivity index (χ1) is 14.5. The molecule has 0 bridgehead atoms. The topological polar surface area (TPSA) is 41.6 Å². The number of rotatable bonds is 3. The summed E-state index contributed by atoms with van der Waals surface area (Å²) in [6.07, 6.45) is 7.02. The second-order valence-corrected chi connectivity index (χ2v) is 9.44. The van der Waals surface area contributed by atoms with Crippen molar-refractivity contribution in [2.24, 2.45) is 0 Å². The molecule has 1 aromatic heterocycles. The molecular weight excluding hydrogens is 419 g/mol. The van der Waals surface area contributed by atoms with Crippen LogP contribution in [0.1, 0.15) is 65.9 Å². The van der Waals surface area contributed by atoms with E-state index in [9.17, 15) is 9.18 Å². The molecule has 2 aliphatic rings. The smallest absolute Gasteiger partial charge is 0.341 e. The van der Waals surface area contributed by atoms with Crippen molar-refractivity contribution in [1.29, 1.82) is 0 Å². The van der Waals surface area contributed by atoms with E-state index in [1.54, 1.807) is 23.5 Å². The lowest BCUT2D eigenvalue weighted by molar-refractivity contribution is 0.0527. The highest BCUT2D eigenvalue weighted by atomic mass is 32.1. The van der Waals surface area contributed by atoms with Crippen LogP contribution >= 0.6 is 23.6 Å². The molecule has 1 unspecified atom stereocenters. The molecule has 0 saturated carbocycles. The molecule has 0 saturated heterocycles. The van der Waals surface area contributed by atoms with Crippen molar-refractivity contribution in [3.63, 3.8) is 0 Å². The van der Waals surface area contributed by atoms with E-state index in [1.165, 1.54) is 17.4 Å². The maximum Gasteiger partial charge on any atom is 0.341 e. The molecule has 0 fully saturated rings. The van der Waals surface area contributed by atoms with E-state index in [0.717, 1.165) is 60.3 Å². The molecule has 2 aromatic rings. The Bertz CT molecular complexity index is 972. The Labute approximate surface area is 186 Å². The van der Waals surface area contributed by atoms with E-state index in [0.29, 0.717) is 17.3 Å². The van der Waals surface area contributed by atoms with E-state index in [-0.39, 0.29) is 17.8 Å². The number of halogens is 1. The zero-order valence-electron chi connectivity index (χ0n) is 17.4. The van der Waals surface area contributed by atoms with E-state index in [2.05, 4.69) is 12.2 Å². The number of esters is 1. The number of fused-ring (bicyclic) bond motifs is 2. The Hall–Kier alpha value is -1.99. The van der Waals surface area contributed by atoms with Crippen LogP contribution in [0.4, 0.5) is 15.1 Å². The van der Waals surface area contributed by atoms with Crippen LogP contribution < -0.4 is 10.2 Å². The fourth-order valence-electron chi connectivity index (χ4n) is 4.44. The Kier molecular flexibility index (Phi) is 6.39. The van der Waals surface area contributed by atoms with Gasteiger partial charge in [-0.05, 0) is 93.9 Å². The van der Waals surface area contributed by atoms with E-state index >= 15 is 0 Å². The van der Waals surface area contributed by atoms with Crippen molar-refractivity contribution in [1.82, 2.24) is 0 Å². The predicted octanol–water partition coefficient (Wildman–Crippen LogP) is 5.87. The molecule has 0 amide bonds. The van der Waals surface area contributed by atoms with Crippen molar-refractivity contribution in [2.75, 3.05) is 16.8 Å². The van der Waals surface area contributed by atoms with Gasteiger partial charge in [0.25, 0.3) is 0 Å². The first kappa shape index (κ1) is 21.2. The van der Waals surface area contributed by atoms with Gasteiger partial charge in [0.05, 0.1) is 12.2 Å². The van der Waals surface area contributed by atoms with Crippen LogP contribution in [0.3, 0.4) is 0 Å². The van der Waals surface area contributed by atoms with Crippen molar-refractivity contribution in [3.05, 3.63) is 45.6 Å². The Balaban J connectivity index is 1.67. The quantitative estimate of drug-likeness (QED) is 0.363. The normalized spacial score (nSPS) is 18.2. The molecule has 1 N–H and O–H groups in total. The number of carbonyl (C=O) groups is 1. The molecule has 4 nitrogen and oxygen atoms in total. The van der Waals surface area contributed by atoms with Crippen LogP contribution in [0.25, 0.3) is 0 Å². The van der Waals surface area contributed by atoms with Gasteiger partial charge >= 0.3 is 5.97 Å². The van der Waals surface area contributed by atoms with E-state index < -0.39 is 0 Å². The SMILES string of the molecule is CCOC(=O)c1c(NC(=S)N2c3ccc(F)cc3CCC2C)sc2c1CCCCC2. The third-order valence-corrected chi connectivity index (χ3v) is 7.42. The number of benzene rings is 1. The number of hydrogen-bond acceptors (Lipinski definition) is 4. The van der Waals surface area contributed by atoms with Gasteiger partial charge in [0, 0.05) is 16.6 Å². The third-order valence-electron chi connectivity index (χ3n) is 5.91.